The molecule has 4 heteroatoms. The molecule has 1 aromatic carbocycles. The minimum Gasteiger partial charge on any atom is -0.349 e. The zero-order valence-corrected chi connectivity index (χ0v) is 12.6. The quantitative estimate of drug-likeness (QED) is 0.786. The van der Waals surface area contributed by atoms with Gasteiger partial charge < -0.3 is 11.1 Å². The molecule has 112 valence electrons. The maximum Gasteiger partial charge on any atom is 0.220 e. The van der Waals surface area contributed by atoms with Gasteiger partial charge in [0, 0.05) is 6.42 Å². The van der Waals surface area contributed by atoms with Crippen molar-refractivity contribution in [1.82, 2.24) is 5.32 Å². The van der Waals surface area contributed by atoms with Crippen LogP contribution in [0.2, 0.25) is 0 Å². The van der Waals surface area contributed by atoms with E-state index in [-0.39, 0.29) is 23.2 Å². The van der Waals surface area contributed by atoms with Crippen LogP contribution in [0.25, 0.3) is 0 Å². The molecule has 0 aliphatic rings. The van der Waals surface area contributed by atoms with Crippen LogP contribution in [-0.4, -0.2) is 12.5 Å². The molecule has 0 aliphatic heterocycles. The third kappa shape index (κ3) is 5.29. The Morgan fingerprint density at radius 3 is 2.35 bits per heavy atom. The minimum absolute atomic E-state index is 0.0164. The Bertz CT molecular complexity index is 423. The molecule has 1 amide bonds. The first kappa shape index (κ1) is 16.6. The normalized spacial score (nSPS) is 13.1. The number of amides is 1. The van der Waals surface area contributed by atoms with Crippen LogP contribution < -0.4 is 11.1 Å². The van der Waals surface area contributed by atoms with Gasteiger partial charge in [-0.2, -0.15) is 0 Å². The van der Waals surface area contributed by atoms with Gasteiger partial charge in [0.1, 0.15) is 5.82 Å². The number of carbonyl (C=O) groups is 1. The Morgan fingerprint density at radius 1 is 1.25 bits per heavy atom. The number of carbonyl (C=O) groups excluding carboxylic acids is 1. The van der Waals surface area contributed by atoms with Gasteiger partial charge in [-0.05, 0) is 42.5 Å². The third-order valence-electron chi connectivity index (χ3n) is 3.23. The molecule has 3 N–H and O–H groups in total. The monoisotopic (exact) mass is 280 g/mol. The highest BCUT2D eigenvalue weighted by Gasteiger charge is 2.27. The Labute approximate surface area is 120 Å². The van der Waals surface area contributed by atoms with Gasteiger partial charge in [-0.1, -0.05) is 32.9 Å². The minimum atomic E-state index is -0.268. The SMILES string of the molecule is CC(C)(C)C(NC(=O)CCCCN)c1ccc(F)cc1. The highest BCUT2D eigenvalue weighted by atomic mass is 19.1. The second-order valence-corrected chi connectivity index (χ2v) is 6.16. The summed E-state index contributed by atoms with van der Waals surface area (Å²) in [6, 6.07) is 6.17. The zero-order chi connectivity index (χ0) is 15.2. The number of rotatable bonds is 6. The molecule has 0 aliphatic carbocycles. The number of benzene rings is 1. The molecule has 1 aromatic rings. The molecule has 0 saturated carbocycles. The molecule has 0 radical (unpaired) electrons. The lowest BCUT2D eigenvalue weighted by Gasteiger charge is -2.32. The summed E-state index contributed by atoms with van der Waals surface area (Å²) in [6.45, 7) is 6.78. The topological polar surface area (TPSA) is 55.1 Å². The largest absolute Gasteiger partial charge is 0.349 e. The van der Waals surface area contributed by atoms with Crippen molar-refractivity contribution in [3.63, 3.8) is 0 Å². The molecule has 1 unspecified atom stereocenters. The summed E-state index contributed by atoms with van der Waals surface area (Å²) in [5.41, 5.74) is 6.21. The zero-order valence-electron chi connectivity index (χ0n) is 12.6. The molecule has 0 spiro atoms. The number of halogens is 1. The van der Waals surface area contributed by atoms with Gasteiger partial charge in [0.15, 0.2) is 0 Å². The molecule has 20 heavy (non-hydrogen) atoms. The van der Waals surface area contributed by atoms with Gasteiger partial charge in [-0.25, -0.2) is 4.39 Å². The number of nitrogens with one attached hydrogen (secondary N) is 1. The second kappa shape index (κ2) is 7.39. The average molecular weight is 280 g/mol. The summed E-state index contributed by atoms with van der Waals surface area (Å²) in [5, 5.41) is 3.05. The van der Waals surface area contributed by atoms with Crippen molar-refractivity contribution >= 4 is 5.91 Å². The van der Waals surface area contributed by atoms with E-state index in [0.717, 1.165) is 18.4 Å². The maximum absolute atomic E-state index is 13.0. The predicted molar refractivity (Wildman–Crippen MR) is 79.6 cm³/mol. The number of hydrogen-bond acceptors (Lipinski definition) is 2. The van der Waals surface area contributed by atoms with Crippen molar-refractivity contribution in [3.05, 3.63) is 35.6 Å². The fourth-order valence-corrected chi connectivity index (χ4v) is 2.12. The molecular formula is C16H25FN2O. The van der Waals surface area contributed by atoms with Crippen molar-refractivity contribution in [1.29, 1.82) is 0 Å². The van der Waals surface area contributed by atoms with E-state index in [1.54, 1.807) is 12.1 Å². The van der Waals surface area contributed by atoms with Crippen LogP contribution in [0, 0.1) is 11.2 Å². The van der Waals surface area contributed by atoms with Gasteiger partial charge in [-0.3, -0.25) is 4.79 Å². The Balaban J connectivity index is 2.76. The van der Waals surface area contributed by atoms with Gasteiger partial charge in [-0.15, -0.1) is 0 Å². The van der Waals surface area contributed by atoms with Crippen molar-refractivity contribution in [2.24, 2.45) is 11.1 Å². The molecule has 0 bridgehead atoms. The highest BCUT2D eigenvalue weighted by Crippen LogP contribution is 2.32. The molecular weight excluding hydrogens is 255 g/mol. The first-order valence-electron chi connectivity index (χ1n) is 7.09. The molecule has 0 fully saturated rings. The fraction of sp³-hybridized carbons (Fsp3) is 0.562. The van der Waals surface area contributed by atoms with E-state index in [2.05, 4.69) is 26.1 Å². The number of nitrogens with two attached hydrogens (primary N) is 1. The lowest BCUT2D eigenvalue weighted by atomic mass is 9.82. The summed E-state index contributed by atoms with van der Waals surface area (Å²) in [4.78, 5) is 12.0. The molecule has 3 nitrogen and oxygen atoms in total. The smallest absolute Gasteiger partial charge is 0.220 e. The number of hydrogen-bond donors (Lipinski definition) is 2. The highest BCUT2D eigenvalue weighted by molar-refractivity contribution is 5.76. The third-order valence-corrected chi connectivity index (χ3v) is 3.23. The van der Waals surface area contributed by atoms with Gasteiger partial charge in [0.25, 0.3) is 0 Å². The van der Waals surface area contributed by atoms with Gasteiger partial charge >= 0.3 is 0 Å². The van der Waals surface area contributed by atoms with Crippen LogP contribution >= 0.6 is 0 Å². The summed E-state index contributed by atoms with van der Waals surface area (Å²) >= 11 is 0. The van der Waals surface area contributed by atoms with Crippen LogP contribution in [0.3, 0.4) is 0 Å². The van der Waals surface area contributed by atoms with Crippen LogP contribution in [0.5, 0.6) is 0 Å². The van der Waals surface area contributed by atoms with E-state index < -0.39 is 0 Å². The van der Waals surface area contributed by atoms with Crippen molar-refractivity contribution in [2.75, 3.05) is 6.54 Å². The van der Waals surface area contributed by atoms with Crippen molar-refractivity contribution in [2.45, 2.75) is 46.1 Å². The summed E-state index contributed by atoms with van der Waals surface area (Å²) in [5.74, 6) is -0.251. The Hall–Kier alpha value is -1.42. The van der Waals surface area contributed by atoms with E-state index in [4.69, 9.17) is 5.73 Å². The summed E-state index contributed by atoms with van der Waals surface area (Å²) < 4.78 is 13.0. The average Bonchev–Trinajstić information content (AvgIpc) is 2.36. The molecule has 0 saturated heterocycles. The van der Waals surface area contributed by atoms with Gasteiger partial charge in [0.2, 0.25) is 5.91 Å². The Kier molecular flexibility index (Phi) is 6.14. The molecule has 1 atom stereocenters. The van der Waals surface area contributed by atoms with Crippen molar-refractivity contribution in [3.8, 4) is 0 Å². The van der Waals surface area contributed by atoms with Crippen LogP contribution in [0.4, 0.5) is 4.39 Å². The number of unbranched alkanes of at least 4 members (excludes halogenated alkanes) is 1. The van der Waals surface area contributed by atoms with E-state index in [1.165, 1.54) is 12.1 Å². The predicted octanol–water partition coefficient (Wildman–Crippen LogP) is 3.16. The van der Waals surface area contributed by atoms with Crippen LogP contribution in [0.15, 0.2) is 24.3 Å². The first-order chi connectivity index (χ1) is 9.34. The standard InChI is InChI=1S/C16H25FN2O/c1-16(2,3)15(12-7-9-13(17)10-8-12)19-14(20)6-4-5-11-18/h7-10,15H,4-6,11,18H2,1-3H3,(H,19,20). The second-order valence-electron chi connectivity index (χ2n) is 6.16. The van der Waals surface area contributed by atoms with E-state index >= 15 is 0 Å². The molecule has 0 heterocycles. The lowest BCUT2D eigenvalue weighted by Crippen LogP contribution is -2.36. The van der Waals surface area contributed by atoms with E-state index in [0.29, 0.717) is 13.0 Å². The maximum atomic E-state index is 13.0. The van der Waals surface area contributed by atoms with E-state index in [9.17, 15) is 9.18 Å². The van der Waals surface area contributed by atoms with E-state index in [1.807, 2.05) is 0 Å². The van der Waals surface area contributed by atoms with Gasteiger partial charge in [0.05, 0.1) is 6.04 Å². The summed E-state index contributed by atoms with van der Waals surface area (Å²) in [7, 11) is 0. The summed E-state index contributed by atoms with van der Waals surface area (Å²) in [6.07, 6.45) is 2.12. The van der Waals surface area contributed by atoms with Crippen molar-refractivity contribution < 1.29 is 9.18 Å². The first-order valence-corrected chi connectivity index (χ1v) is 7.09. The fourth-order valence-electron chi connectivity index (χ4n) is 2.12. The molecule has 0 aromatic heterocycles. The van der Waals surface area contributed by atoms with Crippen LogP contribution in [0.1, 0.15) is 51.6 Å². The molecule has 1 rings (SSSR count). The Morgan fingerprint density at radius 2 is 1.85 bits per heavy atom. The lowest BCUT2D eigenvalue weighted by molar-refractivity contribution is -0.122. The van der Waals surface area contributed by atoms with Crippen LogP contribution in [-0.2, 0) is 4.79 Å².